The molecule has 192 valence electrons. The summed E-state index contributed by atoms with van der Waals surface area (Å²) in [5.74, 6) is 0. The minimum absolute atomic E-state index is 0.402. The molecule has 0 radical (unpaired) electrons. The van der Waals surface area contributed by atoms with E-state index in [0.29, 0.717) is 22.4 Å². The second-order valence-corrected chi connectivity index (χ2v) is 9.61. The van der Waals surface area contributed by atoms with Crippen LogP contribution in [-0.4, -0.2) is 4.57 Å². The molecule has 0 unspecified atom stereocenters. The highest BCUT2D eigenvalue weighted by Crippen LogP contribution is 2.47. The van der Waals surface area contributed by atoms with Gasteiger partial charge in [0.1, 0.15) is 12.1 Å². The van der Waals surface area contributed by atoms with Crippen molar-refractivity contribution in [2.75, 3.05) is 0 Å². The van der Waals surface area contributed by atoms with Gasteiger partial charge in [-0.3, -0.25) is 0 Å². The van der Waals surface area contributed by atoms with Gasteiger partial charge in [0.05, 0.1) is 27.8 Å². The molecule has 0 bridgehead atoms. The van der Waals surface area contributed by atoms with Crippen LogP contribution in [0, 0.1) is 22.7 Å². The van der Waals surface area contributed by atoms with Crippen molar-refractivity contribution in [2.45, 2.75) is 0 Å². The van der Waals surface area contributed by atoms with E-state index in [-0.39, 0.29) is 0 Å². The van der Waals surface area contributed by atoms with E-state index in [1.165, 1.54) is 0 Å². The van der Waals surface area contributed by atoms with Crippen LogP contribution in [0.15, 0.2) is 141 Å². The lowest BCUT2D eigenvalue weighted by Gasteiger charge is -2.24. The van der Waals surface area contributed by atoms with Crippen LogP contribution >= 0.6 is 0 Å². The summed E-state index contributed by atoms with van der Waals surface area (Å²) in [6, 6.07) is 41.2. The zero-order valence-electron chi connectivity index (χ0n) is 22.4. The fraction of sp³-hybridized carbons (Fsp3) is 0. The predicted octanol–water partition coefficient (Wildman–Crippen LogP) is 9.62. The van der Waals surface area contributed by atoms with Crippen molar-refractivity contribution in [1.82, 2.24) is 4.57 Å². The van der Waals surface area contributed by atoms with Gasteiger partial charge in [0.2, 0.25) is 0 Å². The lowest BCUT2D eigenvalue weighted by molar-refractivity contribution is 1.15. The molecule has 1 aromatic heterocycles. The van der Waals surface area contributed by atoms with Crippen molar-refractivity contribution in [3.63, 3.8) is 0 Å². The van der Waals surface area contributed by atoms with Gasteiger partial charge < -0.3 is 4.57 Å². The highest BCUT2D eigenvalue weighted by molar-refractivity contribution is 6.11. The average Bonchev–Trinajstić information content (AvgIpc) is 3.37. The normalized spacial score (nSPS) is 11.2. The van der Waals surface area contributed by atoms with E-state index in [4.69, 9.17) is 0 Å². The average molecular weight is 524 g/mol. The quantitative estimate of drug-likeness (QED) is 0.204. The molecule has 1 heterocycles. The van der Waals surface area contributed by atoms with E-state index in [1.807, 2.05) is 103 Å². The molecule has 0 atom stereocenters. The molecule has 3 nitrogen and oxygen atoms in total. The largest absolute Gasteiger partial charge is 0.307 e. The molecule has 5 aromatic carbocycles. The highest BCUT2D eigenvalue weighted by atomic mass is 15.0. The third kappa shape index (κ3) is 4.05. The molecule has 0 aliphatic rings. The third-order valence-corrected chi connectivity index (χ3v) is 7.43. The fourth-order valence-corrected chi connectivity index (χ4v) is 5.80. The highest BCUT2D eigenvalue weighted by Gasteiger charge is 2.29. The minimum Gasteiger partial charge on any atom is -0.307 e. The summed E-state index contributed by atoms with van der Waals surface area (Å²) in [5, 5.41) is 24.0. The molecule has 0 saturated heterocycles. The summed E-state index contributed by atoms with van der Waals surface area (Å²) in [6.45, 7) is 8.04. The molecule has 0 fully saturated rings. The number of allylic oxidation sites excluding steroid dienone is 4. The van der Waals surface area contributed by atoms with Crippen molar-refractivity contribution < 1.29 is 0 Å². The van der Waals surface area contributed by atoms with Crippen LogP contribution < -0.4 is 0 Å². The molecule has 0 amide bonds. The Labute approximate surface area is 239 Å². The lowest BCUT2D eigenvalue weighted by Crippen LogP contribution is -2.09. The zero-order chi connectivity index (χ0) is 28.3. The van der Waals surface area contributed by atoms with E-state index < -0.39 is 0 Å². The fourth-order valence-electron chi connectivity index (χ4n) is 5.80. The Kier molecular flexibility index (Phi) is 6.62. The first kappa shape index (κ1) is 25.4. The van der Waals surface area contributed by atoms with Crippen LogP contribution in [-0.2, 0) is 0 Å². The molecule has 0 aliphatic heterocycles. The summed E-state index contributed by atoms with van der Waals surface area (Å²) in [4.78, 5) is 0. The van der Waals surface area contributed by atoms with Gasteiger partial charge in [-0.2, -0.15) is 10.5 Å². The molecular formula is C38H25N3. The van der Waals surface area contributed by atoms with E-state index in [9.17, 15) is 10.5 Å². The predicted molar refractivity (Wildman–Crippen MR) is 169 cm³/mol. The number of rotatable bonds is 6. The Balaban J connectivity index is 1.95. The van der Waals surface area contributed by atoms with E-state index >= 15 is 0 Å². The third-order valence-electron chi connectivity index (χ3n) is 7.43. The van der Waals surface area contributed by atoms with Gasteiger partial charge in [-0.05, 0) is 28.8 Å². The number of para-hydroxylation sites is 2. The van der Waals surface area contributed by atoms with Crippen molar-refractivity contribution in [3.8, 4) is 40.1 Å². The summed E-state index contributed by atoms with van der Waals surface area (Å²) in [7, 11) is 0. The van der Waals surface area contributed by atoms with Gasteiger partial charge in [0, 0.05) is 27.5 Å². The summed E-state index contributed by atoms with van der Waals surface area (Å²) < 4.78 is 2.07. The number of nitriles is 2. The lowest BCUT2D eigenvalue weighted by atomic mass is 9.80. The molecule has 0 spiro atoms. The van der Waals surface area contributed by atoms with Crippen LogP contribution in [0.25, 0.3) is 55.3 Å². The van der Waals surface area contributed by atoms with Crippen LogP contribution in [0.2, 0.25) is 0 Å². The van der Waals surface area contributed by atoms with Gasteiger partial charge >= 0.3 is 0 Å². The van der Waals surface area contributed by atoms with Crippen molar-refractivity contribution >= 4 is 27.4 Å². The standard InChI is InChI=1S/C38H25N3/c1-3-15-26(4-2)35-31(24-39)38(41-33-22-13-11-20-29(33)30-21-12-14-23-34(30)41)32(25-40)36(27-16-7-5-8-17-27)37(35)28-18-9-6-10-19-28/h3-23H,1-2H2/b26-15+. The molecule has 3 heteroatoms. The molecule has 41 heavy (non-hydrogen) atoms. The Bertz CT molecular complexity index is 2030. The first-order valence-corrected chi connectivity index (χ1v) is 13.3. The number of hydrogen-bond acceptors (Lipinski definition) is 2. The van der Waals surface area contributed by atoms with Crippen LogP contribution in [0.5, 0.6) is 0 Å². The number of aromatic nitrogens is 1. The first-order valence-electron chi connectivity index (χ1n) is 13.3. The Morgan fingerprint density at radius 1 is 0.610 bits per heavy atom. The number of nitrogens with zero attached hydrogens (tertiary/aromatic N) is 3. The molecule has 0 saturated carbocycles. The van der Waals surface area contributed by atoms with Crippen LogP contribution in [0.4, 0.5) is 0 Å². The summed E-state index contributed by atoms with van der Waals surface area (Å²) in [6.07, 6.45) is 5.32. The Morgan fingerprint density at radius 2 is 1.10 bits per heavy atom. The summed E-state index contributed by atoms with van der Waals surface area (Å²) >= 11 is 0. The first-order chi connectivity index (χ1) is 20.2. The second-order valence-electron chi connectivity index (χ2n) is 9.61. The maximum absolute atomic E-state index is 11.0. The maximum atomic E-state index is 11.0. The van der Waals surface area contributed by atoms with Crippen LogP contribution in [0.1, 0.15) is 16.7 Å². The number of fused-ring (bicyclic) bond motifs is 3. The Hall–Kier alpha value is -5.90. The van der Waals surface area contributed by atoms with E-state index in [0.717, 1.165) is 49.6 Å². The molecule has 0 aliphatic carbocycles. The Morgan fingerprint density at radius 3 is 1.59 bits per heavy atom. The topological polar surface area (TPSA) is 52.5 Å². The van der Waals surface area contributed by atoms with E-state index in [2.05, 4.69) is 42.0 Å². The number of benzene rings is 5. The van der Waals surface area contributed by atoms with Crippen molar-refractivity contribution in [2.24, 2.45) is 0 Å². The molecular weight excluding hydrogens is 498 g/mol. The summed E-state index contributed by atoms with van der Waals surface area (Å²) in [5.41, 5.74) is 8.06. The van der Waals surface area contributed by atoms with Gasteiger partial charge in [0.25, 0.3) is 0 Å². The van der Waals surface area contributed by atoms with E-state index in [1.54, 1.807) is 12.2 Å². The van der Waals surface area contributed by atoms with Gasteiger partial charge in [-0.15, -0.1) is 0 Å². The molecule has 0 N–H and O–H groups in total. The van der Waals surface area contributed by atoms with Crippen LogP contribution in [0.3, 0.4) is 0 Å². The number of hydrogen-bond donors (Lipinski definition) is 0. The molecule has 6 rings (SSSR count). The zero-order valence-corrected chi connectivity index (χ0v) is 22.4. The van der Waals surface area contributed by atoms with Gasteiger partial charge in [-0.1, -0.05) is 128 Å². The molecule has 6 aromatic rings. The smallest absolute Gasteiger partial charge is 0.102 e. The second kappa shape index (κ2) is 10.7. The van der Waals surface area contributed by atoms with Gasteiger partial charge in [-0.25, -0.2) is 0 Å². The van der Waals surface area contributed by atoms with Gasteiger partial charge in [0.15, 0.2) is 0 Å². The maximum Gasteiger partial charge on any atom is 0.102 e. The van der Waals surface area contributed by atoms with Crippen molar-refractivity contribution in [1.29, 1.82) is 10.5 Å². The SMILES string of the molecule is C=C/C=C(\C=C)c1c(C#N)c(-n2c3ccccc3c3ccccc32)c(C#N)c(-c2ccccc2)c1-c1ccccc1. The van der Waals surface area contributed by atoms with Crippen molar-refractivity contribution in [3.05, 3.63) is 157 Å². The monoisotopic (exact) mass is 523 g/mol. The minimum atomic E-state index is 0.402.